The molecule has 1 heteroatoms. The molecule has 0 amide bonds. The molecule has 1 aromatic rings. The maximum atomic E-state index is 6.99. The van der Waals surface area contributed by atoms with Crippen LogP contribution in [0.5, 0.6) is 0 Å². The van der Waals surface area contributed by atoms with E-state index in [2.05, 4.69) is 4.85 Å². The van der Waals surface area contributed by atoms with Gasteiger partial charge in [0, 0.05) is 0 Å². The molecule has 0 saturated heterocycles. The molecule has 0 N–H and O–H groups in total. The second-order valence-corrected chi connectivity index (χ2v) is 2.83. The Morgan fingerprint density at radius 3 is 2.17 bits per heavy atom. The van der Waals surface area contributed by atoms with Crippen molar-refractivity contribution in [2.45, 2.75) is 13.8 Å². The standard InChI is InChI=1S/C11H11N/c1-9(2)11(12-3)10-7-5-4-6-8-10/h4-8H,1-2H3. The third-order valence-electron chi connectivity index (χ3n) is 1.63. The predicted molar refractivity (Wildman–Crippen MR) is 51.3 cm³/mol. The minimum absolute atomic E-state index is 0.760. The molecule has 0 aliphatic rings. The van der Waals surface area contributed by atoms with Gasteiger partial charge in [0.25, 0.3) is 0 Å². The van der Waals surface area contributed by atoms with Gasteiger partial charge in [0.05, 0.1) is 6.57 Å². The molecule has 0 bridgehead atoms. The highest BCUT2D eigenvalue weighted by molar-refractivity contribution is 5.72. The molecule has 60 valence electrons. The monoisotopic (exact) mass is 157 g/mol. The first-order chi connectivity index (χ1) is 5.75. The maximum Gasteiger partial charge on any atom is 0.193 e. The second kappa shape index (κ2) is 3.73. The van der Waals surface area contributed by atoms with Gasteiger partial charge in [-0.2, -0.15) is 0 Å². The molecule has 0 aliphatic carbocycles. The lowest BCUT2D eigenvalue weighted by Crippen LogP contribution is -1.80. The van der Waals surface area contributed by atoms with Crippen LogP contribution in [-0.2, 0) is 0 Å². The summed E-state index contributed by atoms with van der Waals surface area (Å²) in [4.78, 5) is 3.49. The van der Waals surface area contributed by atoms with Gasteiger partial charge in [-0.25, -0.2) is 4.85 Å². The summed E-state index contributed by atoms with van der Waals surface area (Å²) in [5.41, 5.74) is 2.83. The minimum Gasteiger partial charge on any atom is -0.238 e. The van der Waals surface area contributed by atoms with Crippen LogP contribution in [0.25, 0.3) is 10.5 Å². The van der Waals surface area contributed by atoms with Gasteiger partial charge < -0.3 is 0 Å². The third kappa shape index (κ3) is 1.73. The van der Waals surface area contributed by atoms with E-state index in [-0.39, 0.29) is 0 Å². The molecule has 0 spiro atoms. The van der Waals surface area contributed by atoms with Crippen molar-refractivity contribution in [1.82, 2.24) is 0 Å². The van der Waals surface area contributed by atoms with Gasteiger partial charge in [0.2, 0.25) is 0 Å². The predicted octanol–water partition coefficient (Wildman–Crippen LogP) is 3.36. The van der Waals surface area contributed by atoms with Crippen LogP contribution in [0, 0.1) is 6.57 Å². The fraction of sp³-hybridized carbons (Fsp3) is 0.182. The number of benzene rings is 1. The van der Waals surface area contributed by atoms with Crippen molar-refractivity contribution >= 4 is 5.70 Å². The highest BCUT2D eigenvalue weighted by atomic mass is 14.7. The summed E-state index contributed by atoms with van der Waals surface area (Å²) < 4.78 is 0. The summed E-state index contributed by atoms with van der Waals surface area (Å²) in [5.74, 6) is 0. The van der Waals surface area contributed by atoms with Crippen molar-refractivity contribution in [2.75, 3.05) is 0 Å². The topological polar surface area (TPSA) is 4.36 Å². The Morgan fingerprint density at radius 2 is 1.75 bits per heavy atom. The van der Waals surface area contributed by atoms with Crippen LogP contribution in [0.4, 0.5) is 0 Å². The number of rotatable bonds is 1. The van der Waals surface area contributed by atoms with Crippen LogP contribution in [0.2, 0.25) is 0 Å². The molecule has 1 nitrogen and oxygen atoms in total. The lowest BCUT2D eigenvalue weighted by atomic mass is 10.1. The number of allylic oxidation sites excluding steroid dienone is 1. The molecule has 12 heavy (non-hydrogen) atoms. The van der Waals surface area contributed by atoms with Crippen molar-refractivity contribution in [3.8, 4) is 0 Å². The van der Waals surface area contributed by atoms with Crippen LogP contribution in [0.1, 0.15) is 19.4 Å². The van der Waals surface area contributed by atoms with Crippen LogP contribution in [0.3, 0.4) is 0 Å². The first-order valence-corrected chi connectivity index (χ1v) is 3.86. The van der Waals surface area contributed by atoms with E-state index in [4.69, 9.17) is 6.57 Å². The van der Waals surface area contributed by atoms with Crippen molar-refractivity contribution in [3.05, 3.63) is 52.9 Å². The molecule has 0 saturated carbocycles. The molecule has 0 aliphatic heterocycles. The minimum atomic E-state index is 0.760. The Labute approximate surface area is 73.2 Å². The molecule has 0 atom stereocenters. The van der Waals surface area contributed by atoms with Crippen molar-refractivity contribution in [1.29, 1.82) is 0 Å². The van der Waals surface area contributed by atoms with E-state index in [0.717, 1.165) is 16.8 Å². The molecule has 0 unspecified atom stereocenters. The first kappa shape index (κ1) is 8.55. The Hall–Kier alpha value is -1.55. The van der Waals surface area contributed by atoms with Gasteiger partial charge in [0.15, 0.2) is 5.70 Å². The van der Waals surface area contributed by atoms with E-state index < -0.39 is 0 Å². The molecule has 0 radical (unpaired) electrons. The van der Waals surface area contributed by atoms with E-state index in [1.54, 1.807) is 0 Å². The fourth-order valence-electron chi connectivity index (χ4n) is 1.06. The second-order valence-electron chi connectivity index (χ2n) is 2.83. The number of nitrogens with zero attached hydrogens (tertiary/aromatic N) is 1. The van der Waals surface area contributed by atoms with Crippen molar-refractivity contribution in [2.24, 2.45) is 0 Å². The van der Waals surface area contributed by atoms with Gasteiger partial charge in [0.1, 0.15) is 0 Å². The molecular weight excluding hydrogens is 146 g/mol. The summed E-state index contributed by atoms with van der Waals surface area (Å²) in [6.45, 7) is 10.9. The largest absolute Gasteiger partial charge is 0.238 e. The number of hydrogen-bond donors (Lipinski definition) is 0. The lowest BCUT2D eigenvalue weighted by molar-refractivity contribution is 1.39. The number of hydrogen-bond acceptors (Lipinski definition) is 0. The molecule has 0 fully saturated rings. The summed E-state index contributed by atoms with van der Waals surface area (Å²) in [7, 11) is 0. The molecular formula is C11H11N. The lowest BCUT2D eigenvalue weighted by Gasteiger charge is -1.99. The van der Waals surface area contributed by atoms with E-state index in [1.807, 2.05) is 44.2 Å². The highest BCUT2D eigenvalue weighted by Crippen LogP contribution is 2.18. The zero-order valence-corrected chi connectivity index (χ0v) is 7.33. The summed E-state index contributed by atoms with van der Waals surface area (Å²) >= 11 is 0. The van der Waals surface area contributed by atoms with Gasteiger partial charge in [-0.1, -0.05) is 49.8 Å². The first-order valence-electron chi connectivity index (χ1n) is 3.86. The van der Waals surface area contributed by atoms with Crippen molar-refractivity contribution in [3.63, 3.8) is 0 Å². The maximum absolute atomic E-state index is 6.99. The van der Waals surface area contributed by atoms with E-state index in [0.29, 0.717) is 0 Å². The van der Waals surface area contributed by atoms with Gasteiger partial charge in [-0.15, -0.1) is 0 Å². The SMILES string of the molecule is [C-]#[N+]C(=C(C)C)c1ccccc1. The van der Waals surface area contributed by atoms with Gasteiger partial charge in [-0.05, 0) is 5.56 Å². The summed E-state index contributed by atoms with van der Waals surface area (Å²) in [6, 6.07) is 9.77. The van der Waals surface area contributed by atoms with Crippen LogP contribution < -0.4 is 0 Å². The zero-order valence-electron chi connectivity index (χ0n) is 7.33. The Kier molecular flexibility index (Phi) is 2.66. The normalized spacial score (nSPS) is 8.75. The van der Waals surface area contributed by atoms with Crippen LogP contribution in [-0.4, -0.2) is 0 Å². The van der Waals surface area contributed by atoms with Crippen LogP contribution >= 0.6 is 0 Å². The average Bonchev–Trinajstić information content (AvgIpc) is 2.07. The molecule has 0 aromatic heterocycles. The van der Waals surface area contributed by atoms with E-state index in [1.165, 1.54) is 0 Å². The smallest absolute Gasteiger partial charge is 0.193 e. The quantitative estimate of drug-likeness (QED) is 0.550. The molecule has 0 heterocycles. The highest BCUT2D eigenvalue weighted by Gasteiger charge is 2.00. The summed E-state index contributed by atoms with van der Waals surface area (Å²) in [6.07, 6.45) is 0. The van der Waals surface area contributed by atoms with Gasteiger partial charge in [-0.3, -0.25) is 0 Å². The Balaban J connectivity index is 3.17. The third-order valence-corrected chi connectivity index (χ3v) is 1.63. The zero-order chi connectivity index (χ0) is 8.97. The van der Waals surface area contributed by atoms with E-state index in [9.17, 15) is 0 Å². The molecule has 1 aromatic carbocycles. The Bertz CT molecular complexity index is 324. The van der Waals surface area contributed by atoms with Crippen LogP contribution in [0.15, 0.2) is 35.9 Å². The Morgan fingerprint density at radius 1 is 1.17 bits per heavy atom. The van der Waals surface area contributed by atoms with Crippen molar-refractivity contribution < 1.29 is 0 Å². The average molecular weight is 157 g/mol. The molecule has 1 rings (SSSR count). The fourth-order valence-corrected chi connectivity index (χ4v) is 1.06. The van der Waals surface area contributed by atoms with Gasteiger partial charge >= 0.3 is 0 Å². The van der Waals surface area contributed by atoms with E-state index >= 15 is 0 Å². The summed E-state index contributed by atoms with van der Waals surface area (Å²) in [5, 5.41) is 0.